The summed E-state index contributed by atoms with van der Waals surface area (Å²) in [5, 5.41) is 138. The lowest BCUT2D eigenvalue weighted by Crippen LogP contribution is -2.63. The number of aliphatic hydroxyl groups excluding tert-OH is 12. The Morgan fingerprint density at radius 3 is 0.944 bits per heavy atom. The van der Waals surface area contributed by atoms with E-state index in [0.717, 1.165) is 32.1 Å². The van der Waals surface area contributed by atoms with Crippen LogP contribution in [0.25, 0.3) is 0 Å². The number of hydrogen-bond donors (Lipinski definition) is 13. The molecule has 0 aromatic heterocycles. The van der Waals surface area contributed by atoms with Gasteiger partial charge in [-0.15, -0.1) is 0 Å². The molecule has 0 heterocycles. The van der Waals surface area contributed by atoms with Crippen LogP contribution in [-0.4, -0.2) is 149 Å². The van der Waals surface area contributed by atoms with E-state index in [9.17, 15) is 71.2 Å². The van der Waals surface area contributed by atoms with E-state index in [0.29, 0.717) is 12.8 Å². The number of aliphatic hydroxyl groups is 12. The van der Waals surface area contributed by atoms with Gasteiger partial charge in [0.2, 0.25) is 0 Å². The van der Waals surface area contributed by atoms with Gasteiger partial charge in [0.05, 0.1) is 81.7 Å². The first kappa shape index (κ1) is 53.0. The van der Waals surface area contributed by atoms with Gasteiger partial charge in [0.1, 0.15) is 0 Å². The van der Waals surface area contributed by atoms with Crippen molar-refractivity contribution in [2.75, 3.05) is 39.6 Å². The predicted octanol–water partition coefficient (Wildman–Crippen LogP) is 2.14. The van der Waals surface area contributed by atoms with E-state index >= 15 is 0 Å². The van der Waals surface area contributed by atoms with Crippen molar-refractivity contribution in [3.05, 3.63) is 0 Å². The molecule has 0 aromatic carbocycles. The standard InChI is InChI=1S/C40H80O14/c1-2-3-4-5-6-7-8-9-10-11-12-13-14-15-16-17-18-38(19-31(47)25-41,20-32(48)26-42)40(23-35(51)29-45,24-36(52)30-46)39(37(53)54,21-33(49)27-43)22-34(50)28-44/h31-36,41-52H,2-30H2,1H3,(H,53,54). The third kappa shape index (κ3) is 18.1. The van der Waals surface area contributed by atoms with Crippen LogP contribution in [0, 0.1) is 16.2 Å². The number of carboxylic acid groups (broad SMARTS) is 1. The number of carbonyl (C=O) groups is 1. The summed E-state index contributed by atoms with van der Waals surface area (Å²) in [7, 11) is 0. The lowest BCUT2D eigenvalue weighted by Gasteiger charge is -2.62. The molecule has 0 rings (SSSR count). The molecule has 0 amide bonds. The van der Waals surface area contributed by atoms with Crippen LogP contribution < -0.4 is 0 Å². The van der Waals surface area contributed by atoms with Crippen LogP contribution in [0.15, 0.2) is 0 Å². The summed E-state index contributed by atoms with van der Waals surface area (Å²) >= 11 is 0. The fourth-order valence-corrected chi connectivity index (χ4v) is 9.10. The summed E-state index contributed by atoms with van der Waals surface area (Å²) in [6.45, 7) is -3.08. The summed E-state index contributed by atoms with van der Waals surface area (Å²) in [4.78, 5) is 13.8. The molecule has 0 aromatic rings. The highest BCUT2D eigenvalue weighted by Gasteiger charge is 2.67. The fourth-order valence-electron chi connectivity index (χ4n) is 9.10. The Bertz CT molecular complexity index is 872. The van der Waals surface area contributed by atoms with Crippen LogP contribution in [0.2, 0.25) is 0 Å². The molecule has 0 spiro atoms. The molecular weight excluding hydrogens is 704 g/mol. The Morgan fingerprint density at radius 2 is 0.667 bits per heavy atom. The number of rotatable bonds is 38. The van der Waals surface area contributed by atoms with E-state index in [4.69, 9.17) is 0 Å². The Morgan fingerprint density at radius 1 is 0.407 bits per heavy atom. The molecule has 0 aliphatic carbocycles. The molecule has 0 aliphatic rings. The van der Waals surface area contributed by atoms with Gasteiger partial charge in [-0.2, -0.15) is 0 Å². The summed E-state index contributed by atoms with van der Waals surface area (Å²) in [5.41, 5.74) is -6.35. The molecule has 6 unspecified atom stereocenters. The van der Waals surface area contributed by atoms with E-state index in [1.165, 1.54) is 57.8 Å². The summed E-state index contributed by atoms with van der Waals surface area (Å²) in [5.74, 6) is -1.67. The van der Waals surface area contributed by atoms with Crippen LogP contribution in [0.1, 0.15) is 155 Å². The highest BCUT2D eigenvalue weighted by atomic mass is 16.4. The minimum atomic E-state index is -2.47. The third-order valence-electron chi connectivity index (χ3n) is 11.7. The minimum Gasteiger partial charge on any atom is -0.481 e. The van der Waals surface area contributed by atoms with Gasteiger partial charge in [0.25, 0.3) is 0 Å². The van der Waals surface area contributed by atoms with E-state index in [1.807, 2.05) is 0 Å². The van der Waals surface area contributed by atoms with Gasteiger partial charge in [-0.1, -0.05) is 110 Å². The second-order valence-electron chi connectivity index (χ2n) is 16.0. The van der Waals surface area contributed by atoms with Crippen molar-refractivity contribution >= 4 is 5.97 Å². The molecule has 0 bridgehead atoms. The van der Waals surface area contributed by atoms with Crippen LogP contribution in [-0.2, 0) is 4.79 Å². The van der Waals surface area contributed by atoms with Crippen molar-refractivity contribution in [2.24, 2.45) is 16.2 Å². The molecule has 6 atom stereocenters. The largest absolute Gasteiger partial charge is 0.481 e. The summed E-state index contributed by atoms with van der Waals surface area (Å²) in [6.07, 6.45) is 3.57. The smallest absolute Gasteiger partial charge is 0.310 e. The van der Waals surface area contributed by atoms with Gasteiger partial charge < -0.3 is 66.4 Å². The zero-order chi connectivity index (χ0) is 41.0. The minimum absolute atomic E-state index is 0.00463. The number of carboxylic acids is 1. The second kappa shape index (κ2) is 30.1. The molecule has 13 N–H and O–H groups in total. The van der Waals surface area contributed by atoms with Crippen molar-refractivity contribution in [1.29, 1.82) is 0 Å². The number of hydrogen-bond acceptors (Lipinski definition) is 13. The highest BCUT2D eigenvalue weighted by Crippen LogP contribution is 2.66. The van der Waals surface area contributed by atoms with E-state index < -0.39 is 137 Å². The lowest BCUT2D eigenvalue weighted by atomic mass is 9.41. The molecule has 14 heteroatoms. The fraction of sp³-hybridized carbons (Fsp3) is 0.975. The maximum atomic E-state index is 13.8. The first-order valence-corrected chi connectivity index (χ1v) is 20.7. The molecule has 0 aliphatic heterocycles. The van der Waals surface area contributed by atoms with Gasteiger partial charge in [0.15, 0.2) is 0 Å². The molecule has 0 saturated heterocycles. The molecule has 54 heavy (non-hydrogen) atoms. The van der Waals surface area contributed by atoms with Crippen molar-refractivity contribution in [2.45, 2.75) is 191 Å². The highest BCUT2D eigenvalue weighted by molar-refractivity contribution is 5.76. The topological polar surface area (TPSA) is 280 Å². The summed E-state index contributed by atoms with van der Waals surface area (Å²) < 4.78 is 0. The monoisotopic (exact) mass is 785 g/mol. The van der Waals surface area contributed by atoms with Gasteiger partial charge in [-0.05, 0) is 55.8 Å². The quantitative estimate of drug-likeness (QED) is 0.0400. The zero-order valence-corrected chi connectivity index (χ0v) is 33.2. The average molecular weight is 785 g/mol. The maximum absolute atomic E-state index is 13.8. The zero-order valence-electron chi connectivity index (χ0n) is 33.2. The van der Waals surface area contributed by atoms with E-state index in [2.05, 4.69) is 6.92 Å². The lowest BCUT2D eigenvalue weighted by molar-refractivity contribution is -0.215. The van der Waals surface area contributed by atoms with Crippen LogP contribution in [0.3, 0.4) is 0 Å². The SMILES string of the molecule is CCCCCCCCCCCCCCCCCCC(CC(O)CO)(CC(O)CO)C(CC(O)CO)(CC(O)CO)C(CC(O)CO)(CC(O)CO)C(=O)O. The van der Waals surface area contributed by atoms with Crippen LogP contribution >= 0.6 is 0 Å². The average Bonchev–Trinajstić information content (AvgIpc) is 3.16. The normalized spacial score (nSPS) is 18.9. The first-order valence-electron chi connectivity index (χ1n) is 20.7. The molecule has 0 radical (unpaired) electrons. The Labute approximate surface area is 323 Å². The van der Waals surface area contributed by atoms with Crippen molar-refractivity contribution in [3.8, 4) is 0 Å². The van der Waals surface area contributed by atoms with Gasteiger partial charge in [-0.3, -0.25) is 4.79 Å². The molecule has 0 saturated carbocycles. The Kier molecular flexibility index (Phi) is 29.6. The van der Waals surface area contributed by atoms with Gasteiger partial charge in [-0.25, -0.2) is 0 Å². The van der Waals surface area contributed by atoms with Crippen molar-refractivity contribution < 1.29 is 71.2 Å². The van der Waals surface area contributed by atoms with Crippen LogP contribution in [0.4, 0.5) is 0 Å². The number of aliphatic carboxylic acids is 1. The number of unbranched alkanes of at least 4 members (excludes halogenated alkanes) is 15. The van der Waals surface area contributed by atoms with Gasteiger partial charge >= 0.3 is 5.97 Å². The third-order valence-corrected chi connectivity index (χ3v) is 11.7. The van der Waals surface area contributed by atoms with Gasteiger partial charge in [0, 0.05) is 0 Å². The predicted molar refractivity (Wildman–Crippen MR) is 205 cm³/mol. The molecule has 324 valence electrons. The first-order chi connectivity index (χ1) is 25.7. The molecular formula is C40H80O14. The summed E-state index contributed by atoms with van der Waals surface area (Å²) in [6, 6.07) is 0. The Balaban J connectivity index is 6.75. The Hall–Kier alpha value is -1.01. The van der Waals surface area contributed by atoms with E-state index in [-0.39, 0.29) is 6.42 Å². The van der Waals surface area contributed by atoms with Crippen molar-refractivity contribution in [3.63, 3.8) is 0 Å². The molecule has 0 fully saturated rings. The van der Waals surface area contributed by atoms with E-state index in [1.54, 1.807) is 0 Å². The van der Waals surface area contributed by atoms with Crippen molar-refractivity contribution in [1.82, 2.24) is 0 Å². The van der Waals surface area contributed by atoms with Crippen LogP contribution in [0.5, 0.6) is 0 Å². The maximum Gasteiger partial charge on any atom is 0.310 e. The second-order valence-corrected chi connectivity index (χ2v) is 16.0. The molecule has 14 nitrogen and oxygen atoms in total.